The molecule has 2 nitrogen and oxygen atoms in total. The average molecular weight is 608 g/mol. The molecule has 0 unspecified atom stereocenters. The van der Waals surface area contributed by atoms with Crippen LogP contribution < -0.4 is 5.32 Å². The van der Waals surface area contributed by atoms with Gasteiger partial charge < -0.3 is 9.73 Å². The molecule has 0 bridgehead atoms. The number of benzene rings is 7. The van der Waals surface area contributed by atoms with E-state index in [1.165, 1.54) is 44.5 Å². The third kappa shape index (κ3) is 3.42. The highest BCUT2D eigenvalue weighted by molar-refractivity contribution is 6.34. The van der Waals surface area contributed by atoms with Gasteiger partial charge in [0.1, 0.15) is 11.2 Å². The van der Waals surface area contributed by atoms with E-state index in [1.807, 2.05) is 12.1 Å². The van der Waals surface area contributed by atoms with Crippen LogP contribution in [0.1, 0.15) is 22.3 Å². The summed E-state index contributed by atoms with van der Waals surface area (Å²) in [5, 5.41) is 6.66. The van der Waals surface area contributed by atoms with Gasteiger partial charge in [-0.3, -0.25) is 0 Å². The van der Waals surface area contributed by atoms with Gasteiger partial charge >= 0.3 is 0 Å². The van der Waals surface area contributed by atoms with E-state index < -0.39 is 5.41 Å². The molecule has 46 heavy (non-hydrogen) atoms. The molecule has 3 heteroatoms. The lowest BCUT2D eigenvalue weighted by atomic mass is 9.70. The highest BCUT2D eigenvalue weighted by Gasteiger charge is 2.51. The van der Waals surface area contributed by atoms with E-state index in [0.29, 0.717) is 5.02 Å². The van der Waals surface area contributed by atoms with E-state index in [0.717, 1.165) is 44.4 Å². The Morgan fingerprint density at radius 2 is 1.07 bits per heavy atom. The van der Waals surface area contributed by atoms with Crippen LogP contribution in [-0.2, 0) is 5.41 Å². The Labute approximate surface area is 271 Å². The molecule has 1 spiro atoms. The van der Waals surface area contributed by atoms with Crippen LogP contribution in [0.25, 0.3) is 55.3 Å². The Morgan fingerprint density at radius 3 is 1.80 bits per heavy atom. The highest BCUT2D eigenvalue weighted by Crippen LogP contribution is 2.63. The van der Waals surface area contributed by atoms with Crippen LogP contribution in [-0.4, -0.2) is 0 Å². The van der Waals surface area contributed by atoms with Gasteiger partial charge in [0.05, 0.1) is 16.1 Å². The third-order valence-corrected chi connectivity index (χ3v) is 10.3. The molecule has 1 aromatic heterocycles. The van der Waals surface area contributed by atoms with Crippen LogP contribution in [0, 0.1) is 0 Å². The third-order valence-electron chi connectivity index (χ3n) is 9.94. The molecule has 0 radical (unpaired) electrons. The van der Waals surface area contributed by atoms with Gasteiger partial charge in [-0.15, -0.1) is 0 Å². The fourth-order valence-corrected chi connectivity index (χ4v) is 8.26. The van der Waals surface area contributed by atoms with Crippen molar-refractivity contribution in [2.75, 3.05) is 5.32 Å². The van der Waals surface area contributed by atoms with Crippen molar-refractivity contribution in [2.45, 2.75) is 5.41 Å². The van der Waals surface area contributed by atoms with Crippen LogP contribution in [0.5, 0.6) is 0 Å². The molecular weight excluding hydrogens is 582 g/mol. The summed E-state index contributed by atoms with van der Waals surface area (Å²) in [5.74, 6) is 0. The van der Waals surface area contributed by atoms with E-state index in [2.05, 4.69) is 145 Å². The minimum Gasteiger partial charge on any atom is -0.456 e. The van der Waals surface area contributed by atoms with Crippen molar-refractivity contribution in [3.63, 3.8) is 0 Å². The van der Waals surface area contributed by atoms with Crippen LogP contribution in [0.4, 0.5) is 11.4 Å². The number of hydrogen-bond donors (Lipinski definition) is 1. The summed E-state index contributed by atoms with van der Waals surface area (Å²) in [7, 11) is 0. The number of hydrogen-bond acceptors (Lipinski definition) is 2. The summed E-state index contributed by atoms with van der Waals surface area (Å²) in [6.45, 7) is 0. The minimum atomic E-state index is -0.413. The zero-order valence-corrected chi connectivity index (χ0v) is 25.5. The lowest BCUT2D eigenvalue weighted by molar-refractivity contribution is 0.669. The number of furan rings is 1. The predicted octanol–water partition coefficient (Wildman–Crippen LogP) is 12.0. The van der Waals surface area contributed by atoms with E-state index in [4.69, 9.17) is 16.0 Å². The van der Waals surface area contributed by atoms with Crippen molar-refractivity contribution in [3.8, 4) is 33.4 Å². The SMILES string of the molecule is Clc1cc2c(cc1Nc1cccc(-c3ccc4c(c3)oc3ccccc34)c1)C1(c3ccccc3-c3ccccc31)c1ccccc1-2. The van der Waals surface area contributed by atoms with Gasteiger partial charge in [-0.25, -0.2) is 0 Å². The molecule has 0 aliphatic heterocycles. The number of halogens is 1. The van der Waals surface area contributed by atoms with Crippen LogP contribution in [0.2, 0.25) is 5.02 Å². The first-order valence-corrected chi connectivity index (χ1v) is 16.0. The molecule has 0 saturated heterocycles. The number of fused-ring (bicyclic) bond motifs is 13. The quantitative estimate of drug-likeness (QED) is 0.216. The van der Waals surface area contributed by atoms with Crippen LogP contribution in [0.3, 0.4) is 0 Å². The molecule has 10 rings (SSSR count). The number of rotatable bonds is 3. The zero-order valence-electron chi connectivity index (χ0n) is 24.7. The lowest BCUT2D eigenvalue weighted by Gasteiger charge is -2.30. The maximum Gasteiger partial charge on any atom is 0.136 e. The number of para-hydroxylation sites is 1. The van der Waals surface area contributed by atoms with Gasteiger partial charge in [0.25, 0.3) is 0 Å². The largest absolute Gasteiger partial charge is 0.456 e. The topological polar surface area (TPSA) is 25.2 Å². The number of anilines is 2. The van der Waals surface area contributed by atoms with Gasteiger partial charge in [0.15, 0.2) is 0 Å². The molecular formula is C43H26ClNO. The molecule has 2 aliphatic carbocycles. The molecule has 0 saturated carbocycles. The molecule has 1 N–H and O–H groups in total. The maximum absolute atomic E-state index is 7.11. The second kappa shape index (κ2) is 9.47. The van der Waals surface area contributed by atoms with Crippen molar-refractivity contribution in [3.05, 3.63) is 179 Å². The van der Waals surface area contributed by atoms with Crippen molar-refractivity contribution in [2.24, 2.45) is 0 Å². The smallest absolute Gasteiger partial charge is 0.136 e. The first kappa shape index (κ1) is 25.7. The average Bonchev–Trinajstić information content (AvgIpc) is 3.72. The van der Waals surface area contributed by atoms with Crippen LogP contribution >= 0.6 is 11.6 Å². The van der Waals surface area contributed by atoms with Gasteiger partial charge in [-0.05, 0) is 98.1 Å². The number of nitrogens with one attached hydrogen (secondary N) is 1. The lowest BCUT2D eigenvalue weighted by Crippen LogP contribution is -2.25. The summed E-state index contributed by atoms with van der Waals surface area (Å²) in [6, 6.07) is 54.1. The van der Waals surface area contributed by atoms with Crippen molar-refractivity contribution >= 4 is 44.9 Å². The van der Waals surface area contributed by atoms with E-state index >= 15 is 0 Å². The monoisotopic (exact) mass is 607 g/mol. The molecule has 7 aromatic carbocycles. The van der Waals surface area contributed by atoms with Crippen molar-refractivity contribution < 1.29 is 4.42 Å². The molecule has 0 amide bonds. The molecule has 0 fully saturated rings. The maximum atomic E-state index is 7.11. The second-order valence-electron chi connectivity index (χ2n) is 12.3. The molecule has 0 atom stereocenters. The fraction of sp³-hybridized carbons (Fsp3) is 0.0233. The van der Waals surface area contributed by atoms with Crippen molar-refractivity contribution in [1.29, 1.82) is 0 Å². The predicted molar refractivity (Wildman–Crippen MR) is 190 cm³/mol. The standard InChI is InChI=1S/C43H26ClNO/c44-39-24-34-31-14-3-7-18-37(31)43(35-16-5-1-12-29(35)30-13-2-6-17-36(30)43)38(34)25-40(39)45-28-11-9-10-26(22-28)27-20-21-33-32-15-4-8-19-41(32)46-42(33)23-27/h1-25,45H. The first-order chi connectivity index (χ1) is 22.7. The van der Waals surface area contributed by atoms with Gasteiger partial charge in [-0.2, -0.15) is 0 Å². The normalized spacial score (nSPS) is 13.5. The summed E-state index contributed by atoms with van der Waals surface area (Å²) in [6.07, 6.45) is 0. The van der Waals surface area contributed by atoms with Gasteiger partial charge in [0, 0.05) is 16.5 Å². The molecule has 2 aliphatic rings. The van der Waals surface area contributed by atoms with Crippen molar-refractivity contribution in [1.82, 2.24) is 0 Å². The Bertz CT molecular complexity index is 2490. The molecule has 1 heterocycles. The second-order valence-corrected chi connectivity index (χ2v) is 12.7. The first-order valence-electron chi connectivity index (χ1n) is 15.6. The van der Waals surface area contributed by atoms with Gasteiger partial charge in [0.2, 0.25) is 0 Å². The van der Waals surface area contributed by atoms with Gasteiger partial charge in [-0.1, -0.05) is 121 Å². The Hall–Kier alpha value is -5.57. The molecule has 216 valence electrons. The van der Waals surface area contributed by atoms with E-state index in [1.54, 1.807) is 0 Å². The fourth-order valence-electron chi connectivity index (χ4n) is 8.05. The van der Waals surface area contributed by atoms with E-state index in [-0.39, 0.29) is 0 Å². The Morgan fingerprint density at radius 1 is 0.457 bits per heavy atom. The molecule has 8 aromatic rings. The summed E-state index contributed by atoms with van der Waals surface area (Å²) in [5.41, 5.74) is 15.6. The summed E-state index contributed by atoms with van der Waals surface area (Å²) < 4.78 is 6.19. The van der Waals surface area contributed by atoms with Crippen LogP contribution in [0.15, 0.2) is 156 Å². The Balaban J connectivity index is 1.11. The summed E-state index contributed by atoms with van der Waals surface area (Å²) >= 11 is 7.11. The minimum absolute atomic E-state index is 0.413. The summed E-state index contributed by atoms with van der Waals surface area (Å²) in [4.78, 5) is 0. The zero-order chi connectivity index (χ0) is 30.4. The van der Waals surface area contributed by atoms with E-state index in [9.17, 15) is 0 Å². The highest BCUT2D eigenvalue weighted by atomic mass is 35.5. The Kier molecular flexibility index (Phi) is 5.29.